The van der Waals surface area contributed by atoms with E-state index in [4.69, 9.17) is 16.2 Å². The zero-order valence-corrected chi connectivity index (χ0v) is 8.26. The summed E-state index contributed by atoms with van der Waals surface area (Å²) in [5.41, 5.74) is 11.5. The van der Waals surface area contributed by atoms with Crippen LogP contribution in [0.15, 0.2) is 24.3 Å². The van der Waals surface area contributed by atoms with E-state index in [0.717, 1.165) is 0 Å². The Bertz CT molecular complexity index is 317. The maximum atomic E-state index is 10.1. The Labute approximate surface area is 88.0 Å². The summed E-state index contributed by atoms with van der Waals surface area (Å²) in [5, 5.41) is 0. The summed E-state index contributed by atoms with van der Waals surface area (Å²) in [6, 6.07) is 7.00. The molecular weight excluding hydrogens is 196 g/mol. The molecule has 15 heavy (non-hydrogen) atoms. The number of hydrogen-bond acceptors (Lipinski definition) is 5. The Balaban J connectivity index is 2.44. The molecule has 0 heterocycles. The van der Waals surface area contributed by atoms with Crippen LogP contribution >= 0.6 is 0 Å². The highest BCUT2D eigenvalue weighted by Crippen LogP contribution is 2.14. The van der Waals surface area contributed by atoms with Crippen molar-refractivity contribution in [1.29, 1.82) is 0 Å². The molecule has 0 spiro atoms. The quantitative estimate of drug-likeness (QED) is 0.515. The molecule has 0 aromatic heterocycles. The van der Waals surface area contributed by atoms with Crippen LogP contribution in [0.1, 0.15) is 0 Å². The highest BCUT2D eigenvalue weighted by atomic mass is 16.6. The van der Waals surface area contributed by atoms with E-state index >= 15 is 0 Å². The van der Waals surface area contributed by atoms with Gasteiger partial charge in [0.1, 0.15) is 18.5 Å². The Hall–Kier alpha value is -1.75. The zero-order chi connectivity index (χ0) is 11.1. The van der Waals surface area contributed by atoms with Gasteiger partial charge in [-0.25, -0.2) is 0 Å². The predicted molar refractivity (Wildman–Crippen MR) is 56.3 cm³/mol. The Morgan fingerprint density at radius 2 is 2.27 bits per heavy atom. The summed E-state index contributed by atoms with van der Waals surface area (Å²) < 4.78 is 10.0. The molecule has 1 unspecified atom stereocenters. The van der Waals surface area contributed by atoms with Gasteiger partial charge in [0.2, 0.25) is 0 Å². The fourth-order valence-electron chi connectivity index (χ4n) is 1.03. The van der Waals surface area contributed by atoms with Crippen LogP contribution < -0.4 is 16.2 Å². The first-order valence-corrected chi connectivity index (χ1v) is 4.53. The van der Waals surface area contributed by atoms with Gasteiger partial charge in [0, 0.05) is 18.3 Å². The number of carbonyl (C=O) groups excluding carboxylic acids is 1. The third kappa shape index (κ3) is 3.86. The van der Waals surface area contributed by atoms with Gasteiger partial charge in [0.05, 0.1) is 0 Å². The molecule has 1 aromatic carbocycles. The second kappa shape index (κ2) is 5.87. The number of ether oxygens (including phenoxy) is 2. The van der Waals surface area contributed by atoms with E-state index in [1.54, 1.807) is 24.3 Å². The number of rotatable bonds is 6. The predicted octanol–water partition coefficient (Wildman–Crippen LogP) is 0.148. The van der Waals surface area contributed by atoms with Gasteiger partial charge in [-0.15, -0.1) is 0 Å². The molecule has 0 aliphatic heterocycles. The average Bonchev–Trinajstić information content (AvgIpc) is 2.24. The van der Waals surface area contributed by atoms with Gasteiger partial charge in [-0.3, -0.25) is 4.79 Å². The molecule has 0 amide bonds. The van der Waals surface area contributed by atoms with E-state index in [1.165, 1.54) is 0 Å². The van der Waals surface area contributed by atoms with Crippen LogP contribution in [0.3, 0.4) is 0 Å². The molecule has 4 N–H and O–H groups in total. The van der Waals surface area contributed by atoms with Crippen molar-refractivity contribution in [3.05, 3.63) is 24.3 Å². The lowest BCUT2D eigenvalue weighted by molar-refractivity contribution is -0.134. The Morgan fingerprint density at radius 1 is 1.47 bits per heavy atom. The Morgan fingerprint density at radius 3 is 2.87 bits per heavy atom. The van der Waals surface area contributed by atoms with E-state index in [1.807, 2.05) is 0 Å². The average molecular weight is 210 g/mol. The van der Waals surface area contributed by atoms with Crippen molar-refractivity contribution >= 4 is 12.2 Å². The van der Waals surface area contributed by atoms with E-state index in [2.05, 4.69) is 4.74 Å². The van der Waals surface area contributed by atoms with Gasteiger partial charge >= 0.3 is 0 Å². The van der Waals surface area contributed by atoms with Crippen molar-refractivity contribution in [3.8, 4) is 5.75 Å². The monoisotopic (exact) mass is 210 g/mol. The summed E-state index contributed by atoms with van der Waals surface area (Å²) in [7, 11) is 0. The molecular formula is C10H14N2O3. The van der Waals surface area contributed by atoms with Crippen LogP contribution in [0.5, 0.6) is 5.75 Å². The minimum Gasteiger partial charge on any atom is -0.490 e. The van der Waals surface area contributed by atoms with Crippen LogP contribution in [-0.2, 0) is 9.53 Å². The third-order valence-corrected chi connectivity index (χ3v) is 1.80. The molecule has 0 fully saturated rings. The Kier molecular flexibility index (Phi) is 4.43. The van der Waals surface area contributed by atoms with Gasteiger partial charge in [-0.1, -0.05) is 6.07 Å². The van der Waals surface area contributed by atoms with Gasteiger partial charge in [0.25, 0.3) is 6.47 Å². The van der Waals surface area contributed by atoms with Gasteiger partial charge < -0.3 is 20.9 Å². The lowest BCUT2D eigenvalue weighted by Crippen LogP contribution is -2.29. The molecule has 0 bridgehead atoms. The second-order valence-corrected chi connectivity index (χ2v) is 2.97. The van der Waals surface area contributed by atoms with Crippen LogP contribution in [0, 0.1) is 0 Å². The van der Waals surface area contributed by atoms with E-state index in [9.17, 15) is 4.79 Å². The molecule has 0 saturated carbocycles. The summed E-state index contributed by atoms with van der Waals surface area (Å²) in [4.78, 5) is 10.1. The molecule has 0 aliphatic rings. The molecule has 5 heteroatoms. The van der Waals surface area contributed by atoms with Crippen LogP contribution in [0.2, 0.25) is 0 Å². The second-order valence-electron chi connectivity index (χ2n) is 2.97. The van der Waals surface area contributed by atoms with E-state index in [-0.39, 0.29) is 13.2 Å². The van der Waals surface area contributed by atoms with Gasteiger partial charge in [0.15, 0.2) is 0 Å². The maximum Gasteiger partial charge on any atom is 0.293 e. The molecule has 82 valence electrons. The van der Waals surface area contributed by atoms with Crippen LogP contribution in [0.25, 0.3) is 0 Å². The smallest absolute Gasteiger partial charge is 0.293 e. The van der Waals surface area contributed by atoms with Gasteiger partial charge in [-0.05, 0) is 12.1 Å². The van der Waals surface area contributed by atoms with Crippen molar-refractivity contribution in [2.24, 2.45) is 5.73 Å². The van der Waals surface area contributed by atoms with Crippen molar-refractivity contribution in [2.45, 2.75) is 6.10 Å². The standard InChI is InChI=1S/C10H14N2O3/c11-5-10(15-7-13)6-14-9-3-1-2-8(12)4-9/h1-4,7,10H,5-6,11-12H2. The normalized spacial score (nSPS) is 11.8. The minimum absolute atomic E-state index is 0.221. The third-order valence-electron chi connectivity index (χ3n) is 1.80. The first-order valence-electron chi connectivity index (χ1n) is 4.53. The van der Waals surface area contributed by atoms with Crippen molar-refractivity contribution in [2.75, 3.05) is 18.9 Å². The number of anilines is 1. The fourth-order valence-corrected chi connectivity index (χ4v) is 1.03. The number of hydrogen-bond donors (Lipinski definition) is 2. The van der Waals surface area contributed by atoms with Crippen molar-refractivity contribution < 1.29 is 14.3 Å². The van der Waals surface area contributed by atoms with E-state index < -0.39 is 6.10 Å². The highest BCUT2D eigenvalue weighted by molar-refractivity contribution is 5.43. The molecule has 5 nitrogen and oxygen atoms in total. The zero-order valence-electron chi connectivity index (χ0n) is 8.26. The molecule has 1 rings (SSSR count). The first kappa shape index (κ1) is 11.3. The number of nitrogen functional groups attached to an aromatic ring is 1. The lowest BCUT2D eigenvalue weighted by Gasteiger charge is -2.13. The maximum absolute atomic E-state index is 10.1. The summed E-state index contributed by atoms with van der Waals surface area (Å²) in [6.07, 6.45) is -0.427. The van der Waals surface area contributed by atoms with Crippen LogP contribution in [-0.4, -0.2) is 25.7 Å². The molecule has 0 radical (unpaired) electrons. The lowest BCUT2D eigenvalue weighted by atomic mass is 10.3. The largest absolute Gasteiger partial charge is 0.490 e. The minimum atomic E-state index is -0.427. The topological polar surface area (TPSA) is 87.6 Å². The first-order chi connectivity index (χ1) is 7.26. The summed E-state index contributed by atoms with van der Waals surface area (Å²) in [6.45, 7) is 0.806. The van der Waals surface area contributed by atoms with Gasteiger partial charge in [-0.2, -0.15) is 0 Å². The summed E-state index contributed by atoms with van der Waals surface area (Å²) >= 11 is 0. The number of benzene rings is 1. The molecule has 1 atom stereocenters. The highest BCUT2D eigenvalue weighted by Gasteiger charge is 2.07. The molecule has 1 aromatic rings. The molecule has 0 aliphatic carbocycles. The van der Waals surface area contributed by atoms with E-state index in [0.29, 0.717) is 17.9 Å². The summed E-state index contributed by atoms with van der Waals surface area (Å²) in [5.74, 6) is 0.628. The number of carbonyl (C=O) groups is 1. The number of nitrogens with two attached hydrogens (primary N) is 2. The molecule has 0 saturated heterocycles. The fraction of sp³-hybridized carbons (Fsp3) is 0.300. The SMILES string of the molecule is NCC(COc1cccc(N)c1)OC=O. The van der Waals surface area contributed by atoms with Crippen molar-refractivity contribution in [1.82, 2.24) is 0 Å². The van der Waals surface area contributed by atoms with Crippen molar-refractivity contribution in [3.63, 3.8) is 0 Å². The van der Waals surface area contributed by atoms with Crippen LogP contribution in [0.4, 0.5) is 5.69 Å².